The summed E-state index contributed by atoms with van der Waals surface area (Å²) < 4.78 is 0. The summed E-state index contributed by atoms with van der Waals surface area (Å²) in [5.74, 6) is 0.707. The van der Waals surface area contributed by atoms with E-state index in [4.69, 9.17) is 5.11 Å². The molecule has 2 nitrogen and oxygen atoms in total. The first kappa shape index (κ1) is 8.09. The van der Waals surface area contributed by atoms with Crippen LogP contribution >= 0.6 is 0 Å². The van der Waals surface area contributed by atoms with Crippen molar-refractivity contribution in [3.63, 3.8) is 0 Å². The van der Waals surface area contributed by atoms with Gasteiger partial charge >= 0.3 is 5.97 Å². The van der Waals surface area contributed by atoms with Crippen molar-refractivity contribution in [3.8, 4) is 0 Å². The zero-order valence-corrected chi connectivity index (χ0v) is 7.55. The van der Waals surface area contributed by atoms with E-state index >= 15 is 0 Å². The molecule has 0 saturated heterocycles. The molecule has 0 heterocycles. The van der Waals surface area contributed by atoms with Crippen LogP contribution in [0.15, 0.2) is 0 Å². The van der Waals surface area contributed by atoms with Gasteiger partial charge < -0.3 is 5.11 Å². The Labute approximate surface area is 73.0 Å². The standard InChI is InChI=1S/C10H16O2/c1-7-2-3-8(6-7)10(4-5-10)9(11)12/h7-8H,2-6H2,1H3,(H,11,12). The van der Waals surface area contributed by atoms with Crippen LogP contribution in [0.4, 0.5) is 0 Å². The van der Waals surface area contributed by atoms with Gasteiger partial charge in [-0.2, -0.15) is 0 Å². The summed E-state index contributed by atoms with van der Waals surface area (Å²) in [6, 6.07) is 0. The second-order valence-electron chi connectivity index (χ2n) is 4.58. The molecule has 2 heteroatoms. The Kier molecular flexibility index (Phi) is 1.67. The van der Waals surface area contributed by atoms with Crippen molar-refractivity contribution in [2.45, 2.75) is 39.0 Å². The van der Waals surface area contributed by atoms with E-state index < -0.39 is 5.97 Å². The van der Waals surface area contributed by atoms with Gasteiger partial charge in [0, 0.05) is 0 Å². The maximum absolute atomic E-state index is 11.0. The van der Waals surface area contributed by atoms with Gasteiger partial charge in [0.1, 0.15) is 0 Å². The smallest absolute Gasteiger partial charge is 0.309 e. The van der Waals surface area contributed by atoms with Gasteiger partial charge in [-0.3, -0.25) is 4.79 Å². The van der Waals surface area contributed by atoms with Gasteiger partial charge in [-0.05, 0) is 37.5 Å². The minimum absolute atomic E-state index is 0.273. The van der Waals surface area contributed by atoms with Crippen molar-refractivity contribution in [1.29, 1.82) is 0 Å². The van der Waals surface area contributed by atoms with Gasteiger partial charge in [-0.25, -0.2) is 0 Å². The van der Waals surface area contributed by atoms with Crippen LogP contribution in [0.25, 0.3) is 0 Å². The van der Waals surface area contributed by atoms with Crippen LogP contribution in [0.3, 0.4) is 0 Å². The summed E-state index contributed by atoms with van der Waals surface area (Å²) in [5, 5.41) is 9.05. The highest BCUT2D eigenvalue weighted by molar-refractivity contribution is 5.78. The van der Waals surface area contributed by atoms with Crippen LogP contribution in [0, 0.1) is 17.3 Å². The van der Waals surface area contributed by atoms with Crippen molar-refractivity contribution < 1.29 is 9.90 Å². The van der Waals surface area contributed by atoms with Crippen LogP contribution in [0.5, 0.6) is 0 Å². The average molecular weight is 168 g/mol. The average Bonchev–Trinajstić information content (AvgIpc) is 2.71. The Morgan fingerprint density at radius 1 is 1.42 bits per heavy atom. The summed E-state index contributed by atoms with van der Waals surface area (Å²) in [6.07, 6.45) is 5.39. The maximum Gasteiger partial charge on any atom is 0.309 e. The largest absolute Gasteiger partial charge is 0.481 e. The van der Waals surface area contributed by atoms with Crippen LogP contribution in [0.2, 0.25) is 0 Å². The third-order valence-electron chi connectivity index (χ3n) is 3.69. The van der Waals surface area contributed by atoms with E-state index in [-0.39, 0.29) is 5.41 Å². The van der Waals surface area contributed by atoms with Crippen molar-refractivity contribution >= 4 is 5.97 Å². The number of hydrogen-bond donors (Lipinski definition) is 1. The Hall–Kier alpha value is -0.530. The predicted molar refractivity (Wildman–Crippen MR) is 45.8 cm³/mol. The van der Waals surface area contributed by atoms with E-state index in [1.165, 1.54) is 6.42 Å². The zero-order valence-electron chi connectivity index (χ0n) is 7.55. The molecule has 2 aliphatic rings. The van der Waals surface area contributed by atoms with Crippen molar-refractivity contribution in [1.82, 2.24) is 0 Å². The molecule has 0 aromatic rings. The maximum atomic E-state index is 11.0. The van der Waals surface area contributed by atoms with E-state index in [1.54, 1.807) is 0 Å². The first-order valence-electron chi connectivity index (χ1n) is 4.88. The number of carboxylic acids is 1. The summed E-state index contributed by atoms with van der Waals surface area (Å²) in [5.41, 5.74) is -0.273. The molecule has 0 bridgehead atoms. The number of carboxylic acid groups (broad SMARTS) is 1. The molecule has 1 N–H and O–H groups in total. The third kappa shape index (κ3) is 1.05. The summed E-state index contributed by atoms with van der Waals surface area (Å²) in [6.45, 7) is 2.23. The molecule has 2 saturated carbocycles. The second kappa shape index (κ2) is 2.48. The molecule has 0 amide bonds. The fourth-order valence-electron chi connectivity index (χ4n) is 2.64. The number of hydrogen-bond acceptors (Lipinski definition) is 1. The Bertz CT molecular complexity index is 206. The Morgan fingerprint density at radius 2 is 2.08 bits per heavy atom. The summed E-state index contributed by atoms with van der Waals surface area (Å²) in [4.78, 5) is 11.0. The fraction of sp³-hybridized carbons (Fsp3) is 0.900. The predicted octanol–water partition coefficient (Wildman–Crippen LogP) is 2.29. The van der Waals surface area contributed by atoms with Crippen molar-refractivity contribution in [2.24, 2.45) is 17.3 Å². The molecule has 2 aliphatic carbocycles. The highest BCUT2D eigenvalue weighted by Crippen LogP contribution is 2.58. The van der Waals surface area contributed by atoms with Crippen LogP contribution in [-0.2, 0) is 4.79 Å². The zero-order chi connectivity index (χ0) is 8.77. The lowest BCUT2D eigenvalue weighted by molar-refractivity contribution is -0.145. The number of rotatable bonds is 2. The normalized spacial score (nSPS) is 38.1. The molecule has 0 radical (unpaired) electrons. The Balaban J connectivity index is 2.05. The highest BCUT2D eigenvalue weighted by atomic mass is 16.4. The molecule has 0 spiro atoms. The van der Waals surface area contributed by atoms with E-state index in [2.05, 4.69) is 6.92 Å². The van der Waals surface area contributed by atoms with E-state index in [0.717, 1.165) is 31.6 Å². The second-order valence-corrected chi connectivity index (χ2v) is 4.58. The quantitative estimate of drug-likeness (QED) is 0.686. The minimum Gasteiger partial charge on any atom is -0.481 e. The molecule has 12 heavy (non-hydrogen) atoms. The molecular formula is C10H16O2. The molecule has 68 valence electrons. The van der Waals surface area contributed by atoms with Gasteiger partial charge in [0.05, 0.1) is 5.41 Å². The lowest BCUT2D eigenvalue weighted by Crippen LogP contribution is -2.23. The molecule has 0 aliphatic heterocycles. The molecule has 0 aromatic heterocycles. The first-order valence-corrected chi connectivity index (χ1v) is 4.88. The van der Waals surface area contributed by atoms with Gasteiger partial charge in [-0.1, -0.05) is 13.3 Å². The van der Waals surface area contributed by atoms with E-state index in [9.17, 15) is 4.79 Å². The SMILES string of the molecule is CC1CCC(C2(C(=O)O)CC2)C1. The van der Waals surface area contributed by atoms with Crippen LogP contribution in [-0.4, -0.2) is 11.1 Å². The molecular weight excluding hydrogens is 152 g/mol. The summed E-state index contributed by atoms with van der Waals surface area (Å²) in [7, 11) is 0. The third-order valence-corrected chi connectivity index (χ3v) is 3.69. The molecule has 2 unspecified atom stereocenters. The summed E-state index contributed by atoms with van der Waals surface area (Å²) >= 11 is 0. The lowest BCUT2D eigenvalue weighted by atomic mass is 9.87. The molecule has 2 fully saturated rings. The molecule has 2 atom stereocenters. The molecule has 2 rings (SSSR count). The Morgan fingerprint density at radius 3 is 2.42 bits per heavy atom. The van der Waals surface area contributed by atoms with E-state index in [0.29, 0.717) is 5.92 Å². The highest BCUT2D eigenvalue weighted by Gasteiger charge is 2.56. The fourth-order valence-corrected chi connectivity index (χ4v) is 2.64. The van der Waals surface area contributed by atoms with Crippen molar-refractivity contribution in [2.75, 3.05) is 0 Å². The van der Waals surface area contributed by atoms with Crippen LogP contribution in [0.1, 0.15) is 39.0 Å². The van der Waals surface area contributed by atoms with Crippen LogP contribution < -0.4 is 0 Å². The van der Waals surface area contributed by atoms with Gasteiger partial charge in [0.25, 0.3) is 0 Å². The van der Waals surface area contributed by atoms with Crippen molar-refractivity contribution in [3.05, 3.63) is 0 Å². The topological polar surface area (TPSA) is 37.3 Å². The van der Waals surface area contributed by atoms with E-state index in [1.807, 2.05) is 0 Å². The minimum atomic E-state index is -0.540. The lowest BCUT2D eigenvalue weighted by Gasteiger charge is -2.17. The first-order chi connectivity index (χ1) is 5.65. The monoisotopic (exact) mass is 168 g/mol. The van der Waals surface area contributed by atoms with Gasteiger partial charge in [0.2, 0.25) is 0 Å². The molecule has 0 aromatic carbocycles. The van der Waals surface area contributed by atoms with Gasteiger partial charge in [0.15, 0.2) is 0 Å². The van der Waals surface area contributed by atoms with Gasteiger partial charge in [-0.15, -0.1) is 0 Å². The number of carbonyl (C=O) groups is 1. The number of aliphatic carboxylic acids is 1.